The number of anilines is 1. The minimum Gasteiger partial charge on any atom is -0.354 e. The topological polar surface area (TPSA) is 86.8 Å². The van der Waals surface area contributed by atoms with Crippen LogP contribution in [0.1, 0.15) is 49.8 Å². The summed E-state index contributed by atoms with van der Waals surface area (Å²) in [5.41, 5.74) is 2.99. The van der Waals surface area contributed by atoms with Crippen molar-refractivity contribution in [2.75, 3.05) is 23.9 Å². The molecule has 0 heterocycles. The third-order valence-electron chi connectivity index (χ3n) is 7.03. The normalized spacial score (nSPS) is 12.0. The summed E-state index contributed by atoms with van der Waals surface area (Å²) in [6.45, 7) is 7.89. The summed E-state index contributed by atoms with van der Waals surface area (Å²) >= 11 is 6.40. The SMILES string of the molecule is CCCCNC(=O)[C@H](CC)N(CCc1ccccc1)C(=O)CN(c1ccc(C)c(Cl)c1)S(=O)(=O)c1ccc(C)cc1. The standard InChI is InChI=1S/C32H40ClN3O4S/c1-5-7-20-34-32(38)30(6-2)35(21-19-26-11-9-8-10-12-26)31(37)23-36(27-16-15-25(4)29(33)22-27)41(39,40)28-17-13-24(3)14-18-28/h8-18,22,30H,5-7,19-21,23H2,1-4H3,(H,34,38)/t30-/m0/s1. The fourth-order valence-electron chi connectivity index (χ4n) is 4.51. The molecule has 0 unspecified atom stereocenters. The maximum atomic E-state index is 14.1. The van der Waals surface area contributed by atoms with E-state index in [1.807, 2.05) is 58.0 Å². The van der Waals surface area contributed by atoms with Crippen LogP contribution in [0.5, 0.6) is 0 Å². The van der Waals surface area contributed by atoms with Gasteiger partial charge in [0, 0.05) is 18.1 Å². The summed E-state index contributed by atoms with van der Waals surface area (Å²) < 4.78 is 29.0. The Morgan fingerprint density at radius 3 is 2.24 bits per heavy atom. The van der Waals surface area contributed by atoms with Crippen molar-refractivity contribution in [1.29, 1.82) is 0 Å². The van der Waals surface area contributed by atoms with Gasteiger partial charge in [0.1, 0.15) is 12.6 Å². The minimum atomic E-state index is -4.14. The van der Waals surface area contributed by atoms with Gasteiger partial charge in [-0.2, -0.15) is 0 Å². The average molecular weight is 598 g/mol. The van der Waals surface area contributed by atoms with Crippen molar-refractivity contribution in [1.82, 2.24) is 10.2 Å². The van der Waals surface area contributed by atoms with Crippen LogP contribution >= 0.6 is 11.6 Å². The first-order chi connectivity index (χ1) is 19.6. The van der Waals surface area contributed by atoms with Gasteiger partial charge in [-0.15, -0.1) is 0 Å². The van der Waals surface area contributed by atoms with Crippen molar-refractivity contribution in [3.8, 4) is 0 Å². The average Bonchev–Trinajstić information content (AvgIpc) is 2.96. The van der Waals surface area contributed by atoms with E-state index in [9.17, 15) is 18.0 Å². The molecule has 0 spiro atoms. The van der Waals surface area contributed by atoms with E-state index < -0.39 is 28.5 Å². The van der Waals surface area contributed by atoms with E-state index in [-0.39, 0.29) is 23.0 Å². The van der Waals surface area contributed by atoms with E-state index in [1.54, 1.807) is 30.3 Å². The molecular weight excluding hydrogens is 558 g/mol. The third kappa shape index (κ3) is 8.57. The molecule has 2 amide bonds. The zero-order valence-corrected chi connectivity index (χ0v) is 25.8. The monoisotopic (exact) mass is 597 g/mol. The number of hydrogen-bond acceptors (Lipinski definition) is 4. The maximum absolute atomic E-state index is 14.1. The molecule has 9 heteroatoms. The van der Waals surface area contributed by atoms with Crippen LogP contribution in [-0.2, 0) is 26.0 Å². The number of nitrogens with zero attached hydrogens (tertiary/aromatic N) is 2. The highest BCUT2D eigenvalue weighted by Crippen LogP contribution is 2.28. The zero-order chi connectivity index (χ0) is 30.0. The first-order valence-corrected chi connectivity index (χ1v) is 15.9. The van der Waals surface area contributed by atoms with E-state index in [2.05, 4.69) is 5.32 Å². The number of amides is 2. The Morgan fingerprint density at radius 1 is 0.951 bits per heavy atom. The highest BCUT2D eigenvalue weighted by atomic mass is 35.5. The summed E-state index contributed by atoms with van der Waals surface area (Å²) in [5.74, 6) is -0.709. The number of benzene rings is 3. The van der Waals surface area contributed by atoms with Crippen molar-refractivity contribution in [3.05, 3.63) is 94.5 Å². The van der Waals surface area contributed by atoms with Crippen LogP contribution in [0.3, 0.4) is 0 Å². The number of carbonyl (C=O) groups is 2. The number of hydrogen-bond donors (Lipinski definition) is 1. The molecule has 0 aliphatic carbocycles. The lowest BCUT2D eigenvalue weighted by molar-refractivity contribution is -0.139. The summed E-state index contributed by atoms with van der Waals surface area (Å²) in [7, 11) is -4.14. The van der Waals surface area contributed by atoms with Gasteiger partial charge in [-0.3, -0.25) is 13.9 Å². The van der Waals surface area contributed by atoms with Crippen LogP contribution in [0.2, 0.25) is 5.02 Å². The largest absolute Gasteiger partial charge is 0.354 e. The second-order valence-corrected chi connectivity index (χ2v) is 12.4. The summed E-state index contributed by atoms with van der Waals surface area (Å²) in [5, 5.41) is 3.34. The molecule has 1 N–H and O–H groups in total. The molecule has 0 bridgehead atoms. The Balaban J connectivity index is 2.01. The molecule has 3 rings (SSSR count). The Morgan fingerprint density at radius 2 is 1.63 bits per heavy atom. The first kappa shape index (κ1) is 32.2. The first-order valence-electron chi connectivity index (χ1n) is 14.0. The maximum Gasteiger partial charge on any atom is 0.264 e. The van der Waals surface area contributed by atoms with Crippen LogP contribution in [0, 0.1) is 13.8 Å². The lowest BCUT2D eigenvalue weighted by Crippen LogP contribution is -2.53. The number of halogens is 1. The van der Waals surface area contributed by atoms with Gasteiger partial charge < -0.3 is 10.2 Å². The third-order valence-corrected chi connectivity index (χ3v) is 9.23. The number of unbranched alkanes of at least 4 members (excludes halogenated alkanes) is 1. The van der Waals surface area contributed by atoms with Crippen molar-refractivity contribution >= 4 is 39.1 Å². The molecule has 0 aliphatic heterocycles. The fraction of sp³-hybridized carbons (Fsp3) is 0.375. The second-order valence-electron chi connectivity index (χ2n) is 10.1. The van der Waals surface area contributed by atoms with Gasteiger partial charge in [0.2, 0.25) is 11.8 Å². The summed E-state index contributed by atoms with van der Waals surface area (Å²) in [4.78, 5) is 28.9. The van der Waals surface area contributed by atoms with Gasteiger partial charge >= 0.3 is 0 Å². The van der Waals surface area contributed by atoms with Gasteiger partial charge in [-0.25, -0.2) is 8.42 Å². The van der Waals surface area contributed by atoms with Crippen molar-refractivity contribution in [3.63, 3.8) is 0 Å². The number of aryl methyl sites for hydroxylation is 2. The molecule has 0 radical (unpaired) electrons. The molecule has 0 fully saturated rings. The van der Waals surface area contributed by atoms with Crippen molar-refractivity contribution < 1.29 is 18.0 Å². The number of nitrogens with one attached hydrogen (secondary N) is 1. The van der Waals surface area contributed by atoms with Gasteiger partial charge in [0.25, 0.3) is 10.0 Å². The lowest BCUT2D eigenvalue weighted by atomic mass is 10.1. The molecule has 0 aliphatic rings. The zero-order valence-electron chi connectivity index (χ0n) is 24.3. The lowest BCUT2D eigenvalue weighted by Gasteiger charge is -2.33. The van der Waals surface area contributed by atoms with Gasteiger partial charge in [0.15, 0.2) is 0 Å². The van der Waals surface area contributed by atoms with E-state index in [0.717, 1.165) is 33.8 Å². The number of rotatable bonds is 14. The van der Waals surface area contributed by atoms with Gasteiger partial charge in [-0.1, -0.05) is 86.0 Å². The molecule has 0 saturated carbocycles. The minimum absolute atomic E-state index is 0.0628. The Hall–Kier alpha value is -3.36. The number of carbonyl (C=O) groups excluding carboxylic acids is 2. The van der Waals surface area contributed by atoms with Gasteiger partial charge in [0.05, 0.1) is 10.6 Å². The van der Waals surface area contributed by atoms with Crippen LogP contribution < -0.4 is 9.62 Å². The van der Waals surface area contributed by atoms with Crippen LogP contribution in [0.15, 0.2) is 77.7 Å². The Labute approximate surface area is 249 Å². The highest BCUT2D eigenvalue weighted by Gasteiger charge is 2.33. The molecule has 3 aromatic rings. The van der Waals surface area contributed by atoms with Crippen molar-refractivity contribution in [2.45, 2.75) is 64.3 Å². The number of sulfonamides is 1. The molecular formula is C32H40ClN3O4S. The molecule has 0 aromatic heterocycles. The van der Waals surface area contributed by atoms with Crippen LogP contribution in [-0.4, -0.2) is 50.8 Å². The van der Waals surface area contributed by atoms with Crippen molar-refractivity contribution in [2.24, 2.45) is 0 Å². The van der Waals surface area contributed by atoms with E-state index in [4.69, 9.17) is 11.6 Å². The van der Waals surface area contributed by atoms with Gasteiger partial charge in [-0.05, 0) is 68.5 Å². The Kier molecular flexibility index (Phi) is 11.8. The van der Waals surface area contributed by atoms with Crippen LogP contribution in [0.4, 0.5) is 5.69 Å². The van der Waals surface area contributed by atoms with Crippen LogP contribution in [0.25, 0.3) is 0 Å². The molecule has 0 saturated heterocycles. The quantitative estimate of drug-likeness (QED) is 0.234. The van der Waals surface area contributed by atoms with E-state index in [0.29, 0.717) is 24.4 Å². The van der Waals surface area contributed by atoms with E-state index in [1.165, 1.54) is 17.0 Å². The predicted molar refractivity (Wildman–Crippen MR) is 166 cm³/mol. The molecule has 3 aromatic carbocycles. The second kappa shape index (κ2) is 15.0. The van der Waals surface area contributed by atoms with E-state index >= 15 is 0 Å². The summed E-state index contributed by atoms with van der Waals surface area (Å²) in [6, 6.07) is 20.4. The predicted octanol–water partition coefficient (Wildman–Crippen LogP) is 5.92. The molecule has 1 atom stereocenters. The smallest absolute Gasteiger partial charge is 0.264 e. The fourth-order valence-corrected chi connectivity index (χ4v) is 6.09. The highest BCUT2D eigenvalue weighted by molar-refractivity contribution is 7.92. The molecule has 7 nitrogen and oxygen atoms in total. The molecule has 41 heavy (non-hydrogen) atoms. The summed E-state index contributed by atoms with van der Waals surface area (Å²) in [6.07, 6.45) is 2.67. The molecule has 220 valence electrons. The Bertz CT molecular complexity index is 1410.